The molecule has 2 aromatic rings. The Kier molecular flexibility index (Phi) is 6.01. The average Bonchev–Trinajstić information content (AvgIpc) is 3.56. The number of aryl methyl sites for hydroxylation is 2. The summed E-state index contributed by atoms with van der Waals surface area (Å²) in [5, 5.41) is 2.87. The lowest BCUT2D eigenvalue weighted by atomic mass is 9.85. The molecule has 1 N–H and O–H groups in total. The van der Waals surface area contributed by atoms with Gasteiger partial charge in [0.15, 0.2) is 6.61 Å². The fourth-order valence-corrected chi connectivity index (χ4v) is 5.70. The van der Waals surface area contributed by atoms with Gasteiger partial charge in [-0.3, -0.25) is 19.3 Å². The number of nitrogens with zero attached hydrogens (tertiary/aromatic N) is 1. The molecule has 1 saturated heterocycles. The standard InChI is InChI=1S/C28H28N2O5/c1-3-16-6-5-7-17(4-2)25(16)29-22(31)15-35-28(34)18-10-12-21(13-11-18)30-26(32)23-19-8-9-20(14-19)24(23)27(30)33/h5-13,19-20,23-24H,3-4,14-15H2,1-2H3,(H,29,31)/t19-,20-,23+,24+/m0/s1. The van der Waals surface area contributed by atoms with Crippen LogP contribution in [-0.2, 0) is 32.0 Å². The molecule has 7 nitrogen and oxygen atoms in total. The van der Waals surface area contributed by atoms with E-state index in [2.05, 4.69) is 17.5 Å². The third-order valence-electron chi connectivity index (χ3n) is 7.43. The van der Waals surface area contributed by atoms with Gasteiger partial charge >= 0.3 is 5.97 Å². The molecule has 35 heavy (non-hydrogen) atoms. The van der Waals surface area contributed by atoms with Gasteiger partial charge in [-0.15, -0.1) is 0 Å². The van der Waals surface area contributed by atoms with Crippen LogP contribution in [-0.4, -0.2) is 30.3 Å². The van der Waals surface area contributed by atoms with Gasteiger partial charge in [-0.2, -0.15) is 0 Å². The molecule has 2 bridgehead atoms. The van der Waals surface area contributed by atoms with Crippen molar-refractivity contribution in [3.8, 4) is 0 Å². The molecule has 7 heteroatoms. The van der Waals surface area contributed by atoms with Crippen molar-refractivity contribution in [2.45, 2.75) is 33.1 Å². The maximum atomic E-state index is 13.0. The Morgan fingerprint density at radius 3 is 2.03 bits per heavy atom. The number of allylic oxidation sites excluding steroid dienone is 2. The first kappa shape index (κ1) is 23.0. The van der Waals surface area contributed by atoms with Gasteiger partial charge in [0.2, 0.25) is 11.8 Å². The van der Waals surface area contributed by atoms with Crippen LogP contribution in [0.25, 0.3) is 0 Å². The molecule has 180 valence electrons. The minimum atomic E-state index is -0.649. The monoisotopic (exact) mass is 472 g/mol. The Hall–Kier alpha value is -3.74. The van der Waals surface area contributed by atoms with E-state index in [0.29, 0.717) is 5.69 Å². The number of benzene rings is 2. The summed E-state index contributed by atoms with van der Waals surface area (Å²) in [5.74, 6) is -1.64. The van der Waals surface area contributed by atoms with E-state index in [4.69, 9.17) is 4.74 Å². The van der Waals surface area contributed by atoms with Crippen molar-refractivity contribution >= 4 is 35.1 Å². The van der Waals surface area contributed by atoms with Crippen molar-refractivity contribution in [2.24, 2.45) is 23.7 Å². The summed E-state index contributed by atoms with van der Waals surface area (Å²) in [6.45, 7) is 3.62. The third-order valence-corrected chi connectivity index (χ3v) is 7.43. The molecular weight excluding hydrogens is 444 g/mol. The van der Waals surface area contributed by atoms with Crippen LogP contribution >= 0.6 is 0 Å². The van der Waals surface area contributed by atoms with Crippen LogP contribution in [0.4, 0.5) is 11.4 Å². The van der Waals surface area contributed by atoms with E-state index in [1.165, 1.54) is 17.0 Å². The first-order valence-corrected chi connectivity index (χ1v) is 12.2. The summed E-state index contributed by atoms with van der Waals surface area (Å²) in [6.07, 6.45) is 6.54. The highest BCUT2D eigenvalue weighted by atomic mass is 16.5. The van der Waals surface area contributed by atoms with Gasteiger partial charge in [-0.1, -0.05) is 44.2 Å². The lowest BCUT2D eigenvalue weighted by Crippen LogP contribution is -2.32. The van der Waals surface area contributed by atoms with E-state index >= 15 is 0 Å². The number of amides is 3. The Bertz CT molecular complexity index is 1180. The van der Waals surface area contributed by atoms with Gasteiger partial charge in [0.05, 0.1) is 23.1 Å². The van der Waals surface area contributed by atoms with Gasteiger partial charge in [0.25, 0.3) is 5.91 Å². The first-order chi connectivity index (χ1) is 16.9. The van der Waals surface area contributed by atoms with Crippen LogP contribution in [0.5, 0.6) is 0 Å². The number of esters is 1. The quantitative estimate of drug-likeness (QED) is 0.375. The van der Waals surface area contributed by atoms with E-state index in [1.807, 2.05) is 32.0 Å². The predicted molar refractivity (Wildman–Crippen MR) is 131 cm³/mol. The zero-order valence-corrected chi connectivity index (χ0v) is 19.8. The summed E-state index contributed by atoms with van der Waals surface area (Å²) >= 11 is 0. The molecule has 0 unspecified atom stereocenters. The topological polar surface area (TPSA) is 92.8 Å². The highest BCUT2D eigenvalue weighted by Crippen LogP contribution is 2.53. The lowest BCUT2D eigenvalue weighted by Gasteiger charge is -2.17. The zero-order chi connectivity index (χ0) is 24.7. The molecule has 1 heterocycles. The van der Waals surface area contributed by atoms with Crippen LogP contribution in [0.3, 0.4) is 0 Å². The number of anilines is 2. The number of ether oxygens (including phenoxy) is 1. The van der Waals surface area contributed by atoms with Gasteiger partial charge in [0.1, 0.15) is 0 Å². The van der Waals surface area contributed by atoms with Crippen molar-refractivity contribution < 1.29 is 23.9 Å². The van der Waals surface area contributed by atoms with E-state index in [9.17, 15) is 19.2 Å². The van der Waals surface area contributed by atoms with E-state index in [0.717, 1.165) is 36.1 Å². The van der Waals surface area contributed by atoms with Gasteiger partial charge in [-0.05, 0) is 66.5 Å². The number of imide groups is 1. The van der Waals surface area contributed by atoms with Crippen LogP contribution in [0.15, 0.2) is 54.6 Å². The van der Waals surface area contributed by atoms with E-state index in [1.54, 1.807) is 12.1 Å². The maximum absolute atomic E-state index is 13.0. The molecular formula is C28H28N2O5. The Balaban J connectivity index is 1.21. The minimum absolute atomic E-state index is 0.143. The highest BCUT2D eigenvalue weighted by Gasteiger charge is 2.59. The molecule has 0 aromatic heterocycles. The Labute approximate surface area is 204 Å². The molecule has 3 amide bonds. The Morgan fingerprint density at radius 1 is 0.914 bits per heavy atom. The summed E-state index contributed by atoms with van der Waals surface area (Å²) in [5.41, 5.74) is 3.52. The van der Waals surface area contributed by atoms with E-state index < -0.39 is 18.5 Å². The lowest BCUT2D eigenvalue weighted by molar-refractivity contribution is -0.123. The van der Waals surface area contributed by atoms with Crippen molar-refractivity contribution in [1.82, 2.24) is 0 Å². The number of nitrogens with one attached hydrogen (secondary N) is 1. The average molecular weight is 473 g/mol. The maximum Gasteiger partial charge on any atom is 0.338 e. The number of fused-ring (bicyclic) bond motifs is 5. The van der Waals surface area contributed by atoms with Crippen LogP contribution in [0.1, 0.15) is 41.8 Å². The number of para-hydroxylation sites is 1. The summed E-state index contributed by atoms with van der Waals surface area (Å²) < 4.78 is 5.21. The number of carbonyl (C=O) groups is 4. The summed E-state index contributed by atoms with van der Waals surface area (Å²) in [4.78, 5) is 52.1. The number of carbonyl (C=O) groups excluding carboxylic acids is 4. The van der Waals surface area contributed by atoms with Crippen molar-refractivity contribution in [3.05, 3.63) is 71.3 Å². The molecule has 0 radical (unpaired) electrons. The molecule has 2 aromatic carbocycles. The smallest absolute Gasteiger partial charge is 0.338 e. The summed E-state index contributed by atoms with van der Waals surface area (Å²) in [7, 11) is 0. The van der Waals surface area contributed by atoms with Crippen LogP contribution in [0, 0.1) is 23.7 Å². The molecule has 0 spiro atoms. The fourth-order valence-electron chi connectivity index (χ4n) is 5.70. The van der Waals surface area contributed by atoms with Crippen molar-refractivity contribution in [2.75, 3.05) is 16.8 Å². The van der Waals surface area contributed by atoms with Crippen LogP contribution < -0.4 is 10.2 Å². The second-order valence-corrected chi connectivity index (χ2v) is 9.34. The highest BCUT2D eigenvalue weighted by molar-refractivity contribution is 6.22. The first-order valence-electron chi connectivity index (χ1n) is 12.2. The second-order valence-electron chi connectivity index (χ2n) is 9.34. The number of hydrogen-bond donors (Lipinski definition) is 1. The molecule has 5 rings (SSSR count). The zero-order valence-electron chi connectivity index (χ0n) is 19.8. The van der Waals surface area contributed by atoms with E-state index in [-0.39, 0.29) is 41.0 Å². The number of rotatable bonds is 7. The molecule has 2 aliphatic carbocycles. The predicted octanol–water partition coefficient (Wildman–Crippen LogP) is 3.92. The van der Waals surface area contributed by atoms with Gasteiger partial charge in [0, 0.05) is 5.69 Å². The Morgan fingerprint density at radius 2 is 1.49 bits per heavy atom. The SMILES string of the molecule is CCc1cccc(CC)c1NC(=O)COC(=O)c1ccc(N2C(=O)[C@H]3[C@H](C2=O)[C@H]2C=C[C@H]3C2)cc1. The van der Waals surface area contributed by atoms with Gasteiger partial charge < -0.3 is 10.1 Å². The van der Waals surface area contributed by atoms with Crippen molar-refractivity contribution in [3.63, 3.8) is 0 Å². The summed E-state index contributed by atoms with van der Waals surface area (Å²) in [6, 6.07) is 12.1. The second kappa shape index (κ2) is 9.13. The molecule has 1 aliphatic heterocycles. The van der Waals surface area contributed by atoms with Crippen LogP contribution in [0.2, 0.25) is 0 Å². The largest absolute Gasteiger partial charge is 0.452 e. The molecule has 1 saturated carbocycles. The normalized spacial score (nSPS) is 24.1. The molecule has 2 fully saturated rings. The molecule has 4 atom stereocenters. The van der Waals surface area contributed by atoms with Crippen molar-refractivity contribution in [1.29, 1.82) is 0 Å². The molecule has 3 aliphatic rings. The number of hydrogen-bond acceptors (Lipinski definition) is 5. The van der Waals surface area contributed by atoms with Gasteiger partial charge in [-0.25, -0.2) is 4.79 Å². The minimum Gasteiger partial charge on any atom is -0.452 e. The third kappa shape index (κ3) is 3.95. The fraction of sp³-hybridized carbons (Fsp3) is 0.357.